The van der Waals surface area contributed by atoms with Crippen LogP contribution < -0.4 is 14.2 Å². The molecule has 0 amide bonds. The van der Waals surface area contributed by atoms with Crippen molar-refractivity contribution in [3.8, 4) is 23.0 Å². The summed E-state index contributed by atoms with van der Waals surface area (Å²) in [6, 6.07) is 10.2. The largest absolute Gasteiger partial charge is 0.507 e. The zero-order valence-electron chi connectivity index (χ0n) is 13.3. The lowest BCUT2D eigenvalue weighted by Crippen LogP contribution is -1.95. The Morgan fingerprint density at radius 2 is 1.57 bits per heavy atom. The molecule has 0 heterocycles. The van der Waals surface area contributed by atoms with Gasteiger partial charge < -0.3 is 24.4 Å². The Morgan fingerprint density at radius 1 is 0.913 bits per heavy atom. The molecule has 2 rings (SSSR count). The minimum absolute atomic E-state index is 0.0248. The number of aliphatic hydroxyl groups is 1. The smallest absolute Gasteiger partial charge is 0.129 e. The molecule has 5 heteroatoms. The topological polar surface area (TPSA) is 68.2 Å². The molecule has 2 aromatic rings. The Hall–Kier alpha value is -2.66. The van der Waals surface area contributed by atoms with E-state index in [1.54, 1.807) is 50.6 Å². The van der Waals surface area contributed by atoms with Crippen LogP contribution in [0.5, 0.6) is 23.0 Å². The van der Waals surface area contributed by atoms with Gasteiger partial charge in [-0.25, -0.2) is 0 Å². The molecule has 0 aromatic heterocycles. The Bertz CT molecular complexity index is 694. The summed E-state index contributed by atoms with van der Waals surface area (Å²) in [6.07, 6.45) is 2.35. The molecule has 0 aliphatic carbocycles. The van der Waals surface area contributed by atoms with Crippen LogP contribution in [0.4, 0.5) is 0 Å². The molecule has 2 N–H and O–H groups in total. The van der Waals surface area contributed by atoms with Crippen molar-refractivity contribution >= 4 is 6.08 Å². The fraction of sp³-hybridized carbons (Fsp3) is 0.222. The normalized spacial score (nSPS) is 12.2. The molecule has 1 unspecified atom stereocenters. The lowest BCUT2D eigenvalue weighted by Gasteiger charge is -2.11. The highest BCUT2D eigenvalue weighted by atomic mass is 16.5. The average Bonchev–Trinajstić information content (AvgIpc) is 2.59. The number of hydrogen-bond acceptors (Lipinski definition) is 5. The summed E-state index contributed by atoms with van der Waals surface area (Å²) in [6.45, 7) is 0. The molecule has 0 spiro atoms. The fourth-order valence-corrected chi connectivity index (χ4v) is 2.16. The molecule has 5 nitrogen and oxygen atoms in total. The molecule has 23 heavy (non-hydrogen) atoms. The van der Waals surface area contributed by atoms with Crippen LogP contribution in [0, 0.1) is 0 Å². The standard InChI is InChI=1S/C18H20O5/c1-21-13-7-8-15(17(20)10-13)16(19)9-5-12-4-6-14(22-2)11-18(12)23-3/h4-11,16,19-20H,1-3H3. The molecule has 0 saturated carbocycles. The van der Waals surface area contributed by atoms with E-state index in [2.05, 4.69) is 0 Å². The lowest BCUT2D eigenvalue weighted by molar-refractivity contribution is 0.224. The quantitative estimate of drug-likeness (QED) is 0.857. The highest BCUT2D eigenvalue weighted by molar-refractivity contribution is 5.60. The molecule has 0 radical (unpaired) electrons. The van der Waals surface area contributed by atoms with E-state index in [9.17, 15) is 10.2 Å². The Morgan fingerprint density at radius 3 is 2.17 bits per heavy atom. The lowest BCUT2D eigenvalue weighted by atomic mass is 10.1. The van der Waals surface area contributed by atoms with Crippen molar-refractivity contribution in [1.82, 2.24) is 0 Å². The zero-order valence-corrected chi connectivity index (χ0v) is 13.3. The molecule has 0 saturated heterocycles. The Balaban J connectivity index is 2.22. The predicted molar refractivity (Wildman–Crippen MR) is 88.2 cm³/mol. The number of ether oxygens (including phenoxy) is 3. The van der Waals surface area contributed by atoms with Gasteiger partial charge in [0.05, 0.1) is 21.3 Å². The first-order chi connectivity index (χ1) is 11.1. The molecular formula is C18H20O5. The van der Waals surface area contributed by atoms with E-state index in [1.807, 2.05) is 6.07 Å². The van der Waals surface area contributed by atoms with Gasteiger partial charge in [-0.2, -0.15) is 0 Å². The number of phenolic OH excluding ortho intramolecular Hbond substituents is 1. The van der Waals surface area contributed by atoms with E-state index in [4.69, 9.17) is 14.2 Å². The number of hydrogen-bond donors (Lipinski definition) is 2. The summed E-state index contributed by atoms with van der Waals surface area (Å²) < 4.78 is 15.5. The third-order valence-corrected chi connectivity index (χ3v) is 3.45. The van der Waals surface area contributed by atoms with Crippen molar-refractivity contribution in [2.45, 2.75) is 6.10 Å². The number of methoxy groups -OCH3 is 3. The monoisotopic (exact) mass is 316 g/mol. The number of aromatic hydroxyl groups is 1. The maximum Gasteiger partial charge on any atom is 0.129 e. The van der Waals surface area contributed by atoms with Crippen molar-refractivity contribution in [3.63, 3.8) is 0 Å². The van der Waals surface area contributed by atoms with Gasteiger partial charge in [0, 0.05) is 23.3 Å². The highest BCUT2D eigenvalue weighted by Crippen LogP contribution is 2.31. The van der Waals surface area contributed by atoms with E-state index < -0.39 is 6.10 Å². The molecule has 2 aromatic carbocycles. The van der Waals surface area contributed by atoms with Gasteiger partial charge in [-0.3, -0.25) is 0 Å². The van der Waals surface area contributed by atoms with E-state index in [0.29, 0.717) is 22.8 Å². The second-order valence-corrected chi connectivity index (χ2v) is 4.84. The Kier molecular flexibility index (Phi) is 5.49. The molecule has 1 atom stereocenters. The van der Waals surface area contributed by atoms with Gasteiger partial charge in [-0.1, -0.05) is 12.2 Å². The van der Waals surface area contributed by atoms with Crippen LogP contribution in [0.3, 0.4) is 0 Å². The maximum atomic E-state index is 10.2. The van der Waals surface area contributed by atoms with Crippen LogP contribution in [-0.4, -0.2) is 31.5 Å². The van der Waals surface area contributed by atoms with Gasteiger partial charge in [0.2, 0.25) is 0 Å². The predicted octanol–water partition coefficient (Wildman–Crippen LogP) is 3.16. The van der Waals surface area contributed by atoms with Crippen molar-refractivity contribution in [2.75, 3.05) is 21.3 Å². The van der Waals surface area contributed by atoms with Gasteiger partial charge in [0.25, 0.3) is 0 Å². The van der Waals surface area contributed by atoms with Crippen molar-refractivity contribution in [3.05, 3.63) is 53.6 Å². The van der Waals surface area contributed by atoms with Gasteiger partial charge >= 0.3 is 0 Å². The van der Waals surface area contributed by atoms with Crippen LogP contribution >= 0.6 is 0 Å². The fourth-order valence-electron chi connectivity index (χ4n) is 2.16. The van der Waals surface area contributed by atoms with Crippen molar-refractivity contribution < 1.29 is 24.4 Å². The van der Waals surface area contributed by atoms with Crippen LogP contribution in [0.25, 0.3) is 6.08 Å². The van der Waals surface area contributed by atoms with Crippen LogP contribution in [0.1, 0.15) is 17.2 Å². The average molecular weight is 316 g/mol. The summed E-state index contributed by atoms with van der Waals surface area (Å²) in [5.74, 6) is 1.82. The summed E-state index contributed by atoms with van der Waals surface area (Å²) in [5.41, 5.74) is 1.19. The molecule has 0 aliphatic heterocycles. The van der Waals surface area contributed by atoms with E-state index in [-0.39, 0.29) is 5.75 Å². The summed E-state index contributed by atoms with van der Waals surface area (Å²) in [5, 5.41) is 20.2. The summed E-state index contributed by atoms with van der Waals surface area (Å²) >= 11 is 0. The number of phenols is 1. The molecule has 0 fully saturated rings. The molecule has 0 bridgehead atoms. The second kappa shape index (κ2) is 7.56. The first-order valence-corrected chi connectivity index (χ1v) is 7.04. The van der Waals surface area contributed by atoms with Crippen molar-refractivity contribution in [2.24, 2.45) is 0 Å². The van der Waals surface area contributed by atoms with E-state index >= 15 is 0 Å². The van der Waals surface area contributed by atoms with Crippen LogP contribution in [0.2, 0.25) is 0 Å². The first kappa shape index (κ1) is 16.7. The van der Waals surface area contributed by atoms with Crippen LogP contribution in [0.15, 0.2) is 42.5 Å². The number of aliphatic hydroxyl groups excluding tert-OH is 1. The SMILES string of the molecule is COc1ccc(C(O)C=Cc2ccc(OC)cc2OC)c(O)c1. The van der Waals surface area contributed by atoms with Crippen LogP contribution in [-0.2, 0) is 0 Å². The third kappa shape index (κ3) is 3.96. The molecular weight excluding hydrogens is 296 g/mol. The third-order valence-electron chi connectivity index (χ3n) is 3.45. The second-order valence-electron chi connectivity index (χ2n) is 4.84. The summed E-state index contributed by atoms with van der Waals surface area (Å²) in [4.78, 5) is 0. The zero-order chi connectivity index (χ0) is 16.8. The van der Waals surface area contributed by atoms with Gasteiger partial charge in [-0.15, -0.1) is 0 Å². The van der Waals surface area contributed by atoms with E-state index in [1.165, 1.54) is 13.2 Å². The maximum absolute atomic E-state index is 10.2. The van der Waals surface area contributed by atoms with Gasteiger partial charge in [0.15, 0.2) is 0 Å². The van der Waals surface area contributed by atoms with Gasteiger partial charge in [0.1, 0.15) is 29.1 Å². The highest BCUT2D eigenvalue weighted by Gasteiger charge is 2.11. The molecule has 0 aliphatic rings. The van der Waals surface area contributed by atoms with Crippen molar-refractivity contribution in [1.29, 1.82) is 0 Å². The van der Waals surface area contributed by atoms with E-state index in [0.717, 1.165) is 5.56 Å². The van der Waals surface area contributed by atoms with Gasteiger partial charge in [-0.05, 0) is 24.3 Å². The Labute approximate surface area is 135 Å². The number of rotatable bonds is 6. The number of benzene rings is 2. The molecule has 122 valence electrons. The first-order valence-electron chi connectivity index (χ1n) is 7.04. The minimum atomic E-state index is -0.951. The minimum Gasteiger partial charge on any atom is -0.507 e. The summed E-state index contributed by atoms with van der Waals surface area (Å²) in [7, 11) is 4.67.